The topological polar surface area (TPSA) is 96.4 Å². The highest BCUT2D eigenvalue weighted by Gasteiger charge is 2.14. The molecule has 23 heavy (non-hydrogen) atoms. The lowest BCUT2D eigenvalue weighted by molar-refractivity contribution is 0.0694. The van der Waals surface area contributed by atoms with Crippen LogP contribution in [0.4, 0.5) is 0 Å². The maximum Gasteiger partial charge on any atom is 0.339 e. The van der Waals surface area contributed by atoms with Gasteiger partial charge in [-0.25, -0.2) is 9.78 Å². The Balaban J connectivity index is 1.97. The third-order valence-corrected chi connectivity index (χ3v) is 5.60. The molecule has 2 aromatic heterocycles. The van der Waals surface area contributed by atoms with Crippen molar-refractivity contribution in [3.63, 3.8) is 0 Å². The number of nitrogens with two attached hydrogens (primary N) is 1. The van der Waals surface area contributed by atoms with Gasteiger partial charge in [0.2, 0.25) is 0 Å². The van der Waals surface area contributed by atoms with Crippen LogP contribution in [0.1, 0.15) is 21.1 Å². The molecule has 0 radical (unpaired) electrons. The van der Waals surface area contributed by atoms with Crippen LogP contribution in [0.5, 0.6) is 5.75 Å². The van der Waals surface area contributed by atoms with Crippen molar-refractivity contribution >= 4 is 28.6 Å². The van der Waals surface area contributed by atoms with E-state index < -0.39 is 5.97 Å². The number of benzene rings is 1. The third kappa shape index (κ3) is 2.98. The van der Waals surface area contributed by atoms with E-state index in [1.54, 1.807) is 17.4 Å². The van der Waals surface area contributed by atoms with E-state index in [1.807, 2.05) is 18.4 Å². The summed E-state index contributed by atoms with van der Waals surface area (Å²) in [6.07, 6.45) is 0. The number of carbonyl (C=O) groups is 1. The summed E-state index contributed by atoms with van der Waals surface area (Å²) in [5.74, 6) is -1.38. The Morgan fingerprint density at radius 2 is 2.09 bits per heavy atom. The lowest BCUT2D eigenvalue weighted by Crippen LogP contribution is -1.96. The lowest BCUT2D eigenvalue weighted by atomic mass is 10.1. The molecule has 5 nitrogen and oxygen atoms in total. The zero-order valence-corrected chi connectivity index (χ0v) is 13.9. The fourth-order valence-corrected chi connectivity index (χ4v) is 4.18. The first kappa shape index (κ1) is 15.7. The number of carboxylic acid groups (broad SMARTS) is 1. The maximum absolute atomic E-state index is 11.0. The van der Waals surface area contributed by atoms with E-state index in [4.69, 9.17) is 10.8 Å². The molecule has 0 unspecified atom stereocenters. The molecule has 0 atom stereocenters. The Hall–Kier alpha value is -2.22. The van der Waals surface area contributed by atoms with Gasteiger partial charge in [0.05, 0.1) is 10.6 Å². The van der Waals surface area contributed by atoms with Gasteiger partial charge in [-0.15, -0.1) is 22.7 Å². The molecule has 0 bridgehead atoms. The molecule has 0 aliphatic rings. The maximum atomic E-state index is 11.0. The molecule has 1 aromatic carbocycles. The monoisotopic (exact) mass is 346 g/mol. The van der Waals surface area contributed by atoms with Crippen LogP contribution in [0.25, 0.3) is 20.9 Å². The number of thiazole rings is 1. The van der Waals surface area contributed by atoms with Crippen LogP contribution in [0.3, 0.4) is 0 Å². The SMILES string of the molecule is Cc1nc(CN)sc1-c1csc(-c2ccc(C(=O)O)c(O)c2)c1. The minimum absolute atomic E-state index is 0.101. The average Bonchev–Trinajstić information content (AvgIpc) is 3.13. The van der Waals surface area contributed by atoms with Gasteiger partial charge in [0.1, 0.15) is 16.3 Å². The summed E-state index contributed by atoms with van der Waals surface area (Å²) in [4.78, 5) is 17.4. The van der Waals surface area contributed by atoms with Crippen LogP contribution in [0.15, 0.2) is 29.6 Å². The summed E-state index contributed by atoms with van der Waals surface area (Å²) in [5.41, 5.74) is 8.32. The Morgan fingerprint density at radius 3 is 2.70 bits per heavy atom. The summed E-state index contributed by atoms with van der Waals surface area (Å²) in [5, 5.41) is 21.7. The Bertz CT molecular complexity index is 883. The number of hydrogen-bond acceptors (Lipinski definition) is 6. The number of aromatic nitrogens is 1. The van der Waals surface area contributed by atoms with Crippen LogP contribution in [0, 0.1) is 6.92 Å². The van der Waals surface area contributed by atoms with Gasteiger partial charge in [-0.3, -0.25) is 0 Å². The highest BCUT2D eigenvalue weighted by Crippen LogP contribution is 2.38. The second-order valence-electron chi connectivity index (χ2n) is 4.96. The highest BCUT2D eigenvalue weighted by molar-refractivity contribution is 7.17. The van der Waals surface area contributed by atoms with E-state index in [1.165, 1.54) is 23.5 Å². The van der Waals surface area contributed by atoms with E-state index >= 15 is 0 Å². The van der Waals surface area contributed by atoms with Crippen molar-refractivity contribution in [2.24, 2.45) is 5.73 Å². The van der Waals surface area contributed by atoms with Gasteiger partial charge in [-0.05, 0) is 30.7 Å². The number of aromatic carboxylic acids is 1. The Kier molecular flexibility index (Phi) is 4.16. The molecule has 3 rings (SSSR count). The summed E-state index contributed by atoms with van der Waals surface area (Å²) in [6, 6.07) is 6.60. The van der Waals surface area contributed by atoms with Crippen molar-refractivity contribution in [2.75, 3.05) is 0 Å². The number of phenols is 1. The molecule has 0 amide bonds. The minimum Gasteiger partial charge on any atom is -0.507 e. The molecule has 0 aliphatic carbocycles. The molecule has 4 N–H and O–H groups in total. The molecule has 0 fully saturated rings. The molecule has 2 heterocycles. The smallest absolute Gasteiger partial charge is 0.339 e. The number of aryl methyl sites for hydroxylation is 1. The normalized spacial score (nSPS) is 10.9. The van der Waals surface area contributed by atoms with Gasteiger partial charge in [0.25, 0.3) is 0 Å². The van der Waals surface area contributed by atoms with Gasteiger partial charge >= 0.3 is 5.97 Å². The van der Waals surface area contributed by atoms with Crippen molar-refractivity contribution in [3.8, 4) is 26.6 Å². The van der Waals surface area contributed by atoms with E-state index in [9.17, 15) is 9.90 Å². The zero-order chi connectivity index (χ0) is 16.6. The van der Waals surface area contributed by atoms with Crippen molar-refractivity contribution in [2.45, 2.75) is 13.5 Å². The van der Waals surface area contributed by atoms with E-state index in [0.717, 1.165) is 31.6 Å². The second kappa shape index (κ2) is 6.11. The quantitative estimate of drug-likeness (QED) is 0.669. The van der Waals surface area contributed by atoms with Crippen molar-refractivity contribution < 1.29 is 15.0 Å². The standard InChI is InChI=1S/C16H14N2O3S2/c1-8-15(23-14(6-17)18-8)10-5-13(22-7-10)9-2-3-11(16(20)21)12(19)4-9/h2-5,7,19H,6,17H2,1H3,(H,20,21). The molecular formula is C16H14N2O3S2. The summed E-state index contributed by atoms with van der Waals surface area (Å²) in [7, 11) is 0. The van der Waals surface area contributed by atoms with E-state index in [2.05, 4.69) is 4.98 Å². The minimum atomic E-state index is -1.14. The fraction of sp³-hybridized carbons (Fsp3) is 0.125. The predicted molar refractivity (Wildman–Crippen MR) is 92.1 cm³/mol. The van der Waals surface area contributed by atoms with Crippen LogP contribution in [0.2, 0.25) is 0 Å². The molecule has 0 aliphatic heterocycles. The number of thiophene rings is 1. The molecule has 0 saturated heterocycles. The third-order valence-electron chi connectivity index (χ3n) is 3.39. The number of rotatable bonds is 4. The first-order valence-electron chi connectivity index (χ1n) is 6.81. The average molecular weight is 346 g/mol. The van der Waals surface area contributed by atoms with Crippen molar-refractivity contribution in [3.05, 3.63) is 45.9 Å². The summed E-state index contributed by atoms with van der Waals surface area (Å²) >= 11 is 3.11. The molecule has 7 heteroatoms. The Labute approximate surface area is 140 Å². The first-order chi connectivity index (χ1) is 11.0. The molecule has 118 valence electrons. The number of hydrogen-bond donors (Lipinski definition) is 3. The second-order valence-corrected chi connectivity index (χ2v) is 6.96. The van der Waals surface area contributed by atoms with Gasteiger partial charge in [0.15, 0.2) is 0 Å². The lowest BCUT2D eigenvalue weighted by Gasteiger charge is -2.02. The number of aromatic hydroxyl groups is 1. The van der Waals surface area contributed by atoms with Gasteiger partial charge < -0.3 is 15.9 Å². The molecule has 0 saturated carbocycles. The number of carboxylic acids is 1. The summed E-state index contributed by atoms with van der Waals surface area (Å²) in [6.45, 7) is 2.38. The van der Waals surface area contributed by atoms with Crippen molar-refractivity contribution in [1.29, 1.82) is 0 Å². The first-order valence-corrected chi connectivity index (χ1v) is 8.51. The predicted octanol–water partition coefficient (Wildman–Crippen LogP) is 3.71. The van der Waals surface area contributed by atoms with Crippen LogP contribution < -0.4 is 5.73 Å². The van der Waals surface area contributed by atoms with Gasteiger partial charge in [-0.2, -0.15) is 0 Å². The van der Waals surface area contributed by atoms with Gasteiger partial charge in [0, 0.05) is 22.4 Å². The fourth-order valence-electron chi connectivity index (χ4n) is 2.28. The van der Waals surface area contributed by atoms with Crippen LogP contribution in [-0.2, 0) is 6.54 Å². The summed E-state index contributed by atoms with van der Waals surface area (Å²) < 4.78 is 0. The van der Waals surface area contributed by atoms with Crippen LogP contribution in [-0.4, -0.2) is 21.2 Å². The van der Waals surface area contributed by atoms with E-state index in [-0.39, 0.29) is 11.3 Å². The van der Waals surface area contributed by atoms with Crippen LogP contribution >= 0.6 is 22.7 Å². The number of nitrogens with zero attached hydrogens (tertiary/aromatic N) is 1. The molecule has 3 aromatic rings. The van der Waals surface area contributed by atoms with Crippen molar-refractivity contribution in [1.82, 2.24) is 4.98 Å². The van der Waals surface area contributed by atoms with E-state index in [0.29, 0.717) is 6.54 Å². The Morgan fingerprint density at radius 1 is 1.30 bits per heavy atom. The van der Waals surface area contributed by atoms with Gasteiger partial charge in [-0.1, -0.05) is 6.07 Å². The largest absolute Gasteiger partial charge is 0.507 e. The highest BCUT2D eigenvalue weighted by atomic mass is 32.1. The molecule has 0 spiro atoms. The molecular weight excluding hydrogens is 332 g/mol. The zero-order valence-electron chi connectivity index (χ0n) is 12.2.